The Balaban J connectivity index is 1.57. The van der Waals surface area contributed by atoms with Crippen molar-refractivity contribution in [1.82, 2.24) is 4.98 Å². The molecule has 0 aliphatic carbocycles. The van der Waals surface area contributed by atoms with Crippen LogP contribution < -0.4 is 4.74 Å². The number of aliphatic hydroxyl groups is 1. The molecule has 1 N–H and O–H groups in total. The van der Waals surface area contributed by atoms with Crippen LogP contribution in [-0.2, 0) is 6.54 Å². The van der Waals surface area contributed by atoms with Crippen LogP contribution in [0.2, 0.25) is 0 Å². The topological polar surface area (TPSA) is 42.4 Å². The smallest absolute Gasteiger partial charge is 0.132 e. The van der Waals surface area contributed by atoms with Gasteiger partial charge in [0.1, 0.15) is 30.3 Å². The van der Waals surface area contributed by atoms with Gasteiger partial charge in [-0.05, 0) is 48.2 Å². The van der Waals surface area contributed by atoms with E-state index < -0.39 is 6.10 Å². The minimum Gasteiger partial charge on any atom is -0.497 e. The van der Waals surface area contributed by atoms with Gasteiger partial charge in [0.15, 0.2) is 0 Å². The van der Waals surface area contributed by atoms with E-state index in [1.54, 1.807) is 25.4 Å². The van der Waals surface area contributed by atoms with Crippen LogP contribution in [0.25, 0.3) is 10.9 Å². The third kappa shape index (κ3) is 3.57. The summed E-state index contributed by atoms with van der Waals surface area (Å²) in [6.45, 7) is 4.89. The zero-order valence-electron chi connectivity index (χ0n) is 18.9. The molecular formula is C27H32FN2O2+. The van der Waals surface area contributed by atoms with Gasteiger partial charge in [-0.25, -0.2) is 4.39 Å². The minimum atomic E-state index is -0.639. The van der Waals surface area contributed by atoms with E-state index in [1.807, 2.05) is 36.4 Å². The molecule has 0 radical (unpaired) electrons. The fourth-order valence-corrected chi connectivity index (χ4v) is 6.37. The van der Waals surface area contributed by atoms with Crippen molar-refractivity contribution in [3.05, 3.63) is 71.7 Å². The van der Waals surface area contributed by atoms with Crippen LogP contribution in [0, 0.1) is 17.7 Å². The number of quaternary nitrogens is 1. The van der Waals surface area contributed by atoms with Crippen LogP contribution in [-0.4, -0.2) is 40.8 Å². The molecule has 0 saturated carbocycles. The Bertz CT molecular complexity index is 1120. The molecule has 3 aromatic rings. The van der Waals surface area contributed by atoms with E-state index in [1.165, 1.54) is 0 Å². The first-order valence-electron chi connectivity index (χ1n) is 11.7. The Kier molecular flexibility index (Phi) is 5.64. The highest BCUT2D eigenvalue weighted by Gasteiger charge is 2.54. The zero-order valence-corrected chi connectivity index (χ0v) is 18.9. The second-order valence-electron chi connectivity index (χ2n) is 9.62. The average Bonchev–Trinajstić information content (AvgIpc) is 2.84. The normalized spacial score (nSPS) is 28.1. The van der Waals surface area contributed by atoms with Crippen LogP contribution in [0.5, 0.6) is 5.75 Å². The van der Waals surface area contributed by atoms with Crippen molar-refractivity contribution in [2.45, 2.75) is 44.9 Å². The molecule has 3 aliphatic rings. The zero-order chi connectivity index (χ0) is 22.3. The van der Waals surface area contributed by atoms with Crippen molar-refractivity contribution in [3.8, 4) is 5.75 Å². The molecule has 168 valence electrons. The van der Waals surface area contributed by atoms with E-state index in [0.717, 1.165) is 64.6 Å². The second-order valence-corrected chi connectivity index (χ2v) is 9.62. The lowest BCUT2D eigenvalue weighted by Gasteiger charge is -2.58. The number of aromatic nitrogens is 1. The van der Waals surface area contributed by atoms with Crippen molar-refractivity contribution in [2.75, 3.05) is 20.2 Å². The highest BCUT2D eigenvalue weighted by atomic mass is 19.1. The summed E-state index contributed by atoms with van der Waals surface area (Å²) in [5, 5.41) is 12.8. The molecule has 6 rings (SSSR count). The molecule has 2 aromatic carbocycles. The maximum atomic E-state index is 14.7. The quantitative estimate of drug-likeness (QED) is 0.538. The summed E-state index contributed by atoms with van der Waals surface area (Å²) >= 11 is 0. The summed E-state index contributed by atoms with van der Waals surface area (Å²) in [5.41, 5.74) is 2.50. The number of rotatable bonds is 6. The Morgan fingerprint density at radius 3 is 2.84 bits per heavy atom. The third-order valence-electron chi connectivity index (χ3n) is 8.09. The fourth-order valence-electron chi connectivity index (χ4n) is 6.37. The number of fused-ring (bicyclic) bond motifs is 4. The van der Waals surface area contributed by atoms with Crippen molar-refractivity contribution in [3.63, 3.8) is 0 Å². The predicted octanol–water partition coefficient (Wildman–Crippen LogP) is 5.25. The van der Waals surface area contributed by atoms with Gasteiger partial charge in [-0.3, -0.25) is 4.98 Å². The van der Waals surface area contributed by atoms with Crippen LogP contribution in [0.15, 0.2) is 54.7 Å². The lowest BCUT2D eigenvalue weighted by atomic mass is 9.70. The third-order valence-corrected chi connectivity index (χ3v) is 8.09. The molecule has 3 aliphatic heterocycles. The summed E-state index contributed by atoms with van der Waals surface area (Å²) in [6, 6.07) is 14.9. The first kappa shape index (κ1) is 21.4. The van der Waals surface area contributed by atoms with Crippen LogP contribution >= 0.6 is 0 Å². The number of benzene rings is 2. The van der Waals surface area contributed by atoms with E-state index in [9.17, 15) is 9.50 Å². The van der Waals surface area contributed by atoms with Gasteiger partial charge < -0.3 is 14.3 Å². The van der Waals surface area contributed by atoms with E-state index in [4.69, 9.17) is 4.74 Å². The number of methoxy groups -OCH3 is 1. The van der Waals surface area contributed by atoms with Crippen LogP contribution in [0.3, 0.4) is 0 Å². The van der Waals surface area contributed by atoms with E-state index in [2.05, 4.69) is 11.9 Å². The highest BCUT2D eigenvalue weighted by Crippen LogP contribution is 2.48. The van der Waals surface area contributed by atoms with Gasteiger partial charge in [0.2, 0.25) is 0 Å². The molecule has 4 heterocycles. The van der Waals surface area contributed by atoms with Crippen LogP contribution in [0.4, 0.5) is 4.39 Å². The number of hydrogen-bond acceptors (Lipinski definition) is 3. The van der Waals surface area contributed by atoms with Crippen LogP contribution in [0.1, 0.15) is 43.4 Å². The van der Waals surface area contributed by atoms with Gasteiger partial charge in [-0.15, -0.1) is 0 Å². The first-order valence-corrected chi connectivity index (χ1v) is 11.7. The number of pyridine rings is 1. The Labute approximate surface area is 189 Å². The molecule has 1 aromatic heterocycles. The molecule has 0 spiro atoms. The maximum Gasteiger partial charge on any atom is 0.132 e. The molecule has 5 atom stereocenters. The van der Waals surface area contributed by atoms with Gasteiger partial charge in [-0.1, -0.05) is 25.1 Å². The van der Waals surface area contributed by atoms with E-state index >= 15 is 0 Å². The molecule has 4 nitrogen and oxygen atoms in total. The van der Waals surface area contributed by atoms with E-state index in [0.29, 0.717) is 18.4 Å². The van der Waals surface area contributed by atoms with Crippen molar-refractivity contribution >= 4 is 10.9 Å². The number of piperidine rings is 3. The standard InChI is InChI=1S/C27H32FN2O2/c1-3-18-16-30(17-20-6-4-5-7-24(20)28)13-11-19(18)14-26(30)27(31)22-10-12-29-25-9-8-21(32-2)15-23(22)25/h4-10,12,15,18-19,26-27,31H,3,11,13-14,16-17H2,1-2H3/q+1/t18-,19-,26+,27-,30-/m0/s1. The second kappa shape index (κ2) is 8.45. The van der Waals surface area contributed by atoms with Gasteiger partial charge >= 0.3 is 0 Å². The minimum absolute atomic E-state index is 0.0351. The Morgan fingerprint density at radius 1 is 1.22 bits per heavy atom. The number of nitrogens with zero attached hydrogens (tertiary/aromatic N) is 2. The van der Waals surface area contributed by atoms with Gasteiger partial charge in [-0.2, -0.15) is 0 Å². The molecule has 3 fully saturated rings. The summed E-state index contributed by atoms with van der Waals surface area (Å²) in [6.07, 6.45) is 4.41. The summed E-state index contributed by atoms with van der Waals surface area (Å²) < 4.78 is 20.9. The fraction of sp³-hybridized carbons (Fsp3) is 0.444. The lowest BCUT2D eigenvalue weighted by Crippen LogP contribution is -2.67. The predicted molar refractivity (Wildman–Crippen MR) is 124 cm³/mol. The van der Waals surface area contributed by atoms with E-state index in [-0.39, 0.29) is 11.9 Å². The summed E-state index contributed by atoms with van der Waals surface area (Å²) in [4.78, 5) is 4.49. The largest absolute Gasteiger partial charge is 0.497 e. The highest BCUT2D eigenvalue weighted by molar-refractivity contribution is 5.83. The van der Waals surface area contributed by atoms with Crippen molar-refractivity contribution in [1.29, 1.82) is 0 Å². The van der Waals surface area contributed by atoms with Gasteiger partial charge in [0.05, 0.1) is 25.7 Å². The van der Waals surface area contributed by atoms with Crippen molar-refractivity contribution < 1.29 is 18.7 Å². The molecule has 5 heteroatoms. The molecule has 0 amide bonds. The summed E-state index contributed by atoms with van der Waals surface area (Å²) in [5.74, 6) is 1.87. The number of aliphatic hydroxyl groups excluding tert-OH is 1. The summed E-state index contributed by atoms with van der Waals surface area (Å²) in [7, 11) is 1.65. The number of ether oxygens (including phenoxy) is 1. The average molecular weight is 436 g/mol. The monoisotopic (exact) mass is 435 g/mol. The van der Waals surface area contributed by atoms with Crippen molar-refractivity contribution in [2.24, 2.45) is 11.8 Å². The van der Waals surface area contributed by atoms with Gasteiger partial charge in [0.25, 0.3) is 0 Å². The van der Waals surface area contributed by atoms with Gasteiger partial charge in [0, 0.05) is 35.9 Å². The SMILES string of the molecule is CC[C@H]1C[N@+]2(Cc3ccccc3F)CC[C@H]1C[C@@H]2[C@@H](O)c1ccnc2ccc(OC)cc12. The molecule has 0 unspecified atom stereocenters. The maximum absolute atomic E-state index is 14.7. The number of hydrogen-bond donors (Lipinski definition) is 1. The molecular weight excluding hydrogens is 403 g/mol. The first-order chi connectivity index (χ1) is 15.5. The molecule has 32 heavy (non-hydrogen) atoms. The Hall–Kier alpha value is -2.50. The molecule has 3 saturated heterocycles. The lowest BCUT2D eigenvalue weighted by molar-refractivity contribution is -0.986. The number of halogens is 1. The molecule has 2 bridgehead atoms. The Morgan fingerprint density at radius 2 is 2.06 bits per heavy atom.